The van der Waals surface area contributed by atoms with Gasteiger partial charge in [0.15, 0.2) is 0 Å². The molecule has 78 valence electrons. The van der Waals surface area contributed by atoms with Gasteiger partial charge in [-0.15, -0.1) is 0 Å². The Kier molecular flexibility index (Phi) is 7.09. The van der Waals surface area contributed by atoms with Gasteiger partial charge in [-0.1, -0.05) is 6.92 Å². The zero-order valence-electron chi connectivity index (χ0n) is 8.75. The third-order valence-electron chi connectivity index (χ3n) is 2.02. The molecule has 0 aliphatic carbocycles. The summed E-state index contributed by atoms with van der Waals surface area (Å²) in [6.07, 6.45) is 3.37. The first kappa shape index (κ1) is 12.8. The van der Waals surface area contributed by atoms with Crippen LogP contribution in [0.2, 0.25) is 0 Å². The van der Waals surface area contributed by atoms with Crippen molar-refractivity contribution in [1.82, 2.24) is 4.90 Å². The highest BCUT2D eigenvalue weighted by Crippen LogP contribution is 2.00. The lowest BCUT2D eigenvalue weighted by atomic mass is 10.1. The second-order valence-electron chi connectivity index (χ2n) is 3.18. The maximum Gasteiger partial charge on any atom is 0.223 e. The molecule has 1 atom stereocenters. The second-order valence-corrected chi connectivity index (χ2v) is 4.17. The largest absolute Gasteiger partial charge is 0.345 e. The minimum absolute atomic E-state index is 0.0178. The number of carbonyl (C=O) groups excluding carboxylic acids is 1. The van der Waals surface area contributed by atoms with Gasteiger partial charge in [-0.2, -0.15) is 11.8 Å². The number of rotatable bonds is 6. The fourth-order valence-electron chi connectivity index (χ4n) is 0.877. The molecular weight excluding hydrogens is 184 g/mol. The van der Waals surface area contributed by atoms with Crippen molar-refractivity contribution >= 4 is 17.7 Å². The number of carbonyl (C=O) groups is 1. The summed E-state index contributed by atoms with van der Waals surface area (Å²) in [6, 6.07) is 0.0178. The fraction of sp³-hybridized carbons (Fsp3) is 0.889. The lowest BCUT2D eigenvalue weighted by Crippen LogP contribution is -2.34. The van der Waals surface area contributed by atoms with Crippen LogP contribution in [0.4, 0.5) is 0 Å². The molecule has 1 amide bonds. The van der Waals surface area contributed by atoms with Crippen LogP contribution >= 0.6 is 11.8 Å². The molecule has 4 heteroatoms. The van der Waals surface area contributed by atoms with Gasteiger partial charge in [0, 0.05) is 31.8 Å². The van der Waals surface area contributed by atoms with Crippen LogP contribution in [0.15, 0.2) is 0 Å². The first-order valence-electron chi connectivity index (χ1n) is 4.60. The average Bonchev–Trinajstić information content (AvgIpc) is 2.13. The Morgan fingerprint density at radius 3 is 2.69 bits per heavy atom. The van der Waals surface area contributed by atoms with Gasteiger partial charge >= 0.3 is 0 Å². The number of nitrogens with two attached hydrogens (primary N) is 1. The molecule has 0 fully saturated rings. The Morgan fingerprint density at radius 2 is 2.23 bits per heavy atom. The van der Waals surface area contributed by atoms with Crippen molar-refractivity contribution in [3.63, 3.8) is 0 Å². The summed E-state index contributed by atoms with van der Waals surface area (Å²) in [6.45, 7) is 2.82. The molecule has 1 unspecified atom stereocenters. The van der Waals surface area contributed by atoms with Gasteiger partial charge in [0.05, 0.1) is 0 Å². The highest BCUT2D eigenvalue weighted by molar-refractivity contribution is 7.98. The monoisotopic (exact) mass is 204 g/mol. The van der Waals surface area contributed by atoms with E-state index in [2.05, 4.69) is 0 Å². The van der Waals surface area contributed by atoms with E-state index in [4.69, 9.17) is 5.73 Å². The van der Waals surface area contributed by atoms with Crippen molar-refractivity contribution < 1.29 is 4.79 Å². The van der Waals surface area contributed by atoms with E-state index in [1.807, 2.05) is 20.2 Å². The number of hydrogen-bond donors (Lipinski definition) is 1. The molecule has 0 aromatic heterocycles. The molecule has 0 aliphatic heterocycles. The van der Waals surface area contributed by atoms with Crippen LogP contribution in [-0.2, 0) is 4.79 Å². The molecule has 3 nitrogen and oxygen atoms in total. The Hall–Kier alpha value is -0.220. The lowest BCUT2D eigenvalue weighted by Gasteiger charge is -2.18. The van der Waals surface area contributed by atoms with Gasteiger partial charge in [0.25, 0.3) is 0 Å². The molecule has 0 radical (unpaired) electrons. The summed E-state index contributed by atoms with van der Waals surface area (Å²) in [5.74, 6) is 1.15. The van der Waals surface area contributed by atoms with Crippen LogP contribution < -0.4 is 5.73 Å². The van der Waals surface area contributed by atoms with Crippen LogP contribution in [0, 0.1) is 0 Å². The SMILES string of the molecule is CCC(N)CC(=O)N(C)CCSC. The number of hydrogen-bond acceptors (Lipinski definition) is 3. The summed E-state index contributed by atoms with van der Waals surface area (Å²) < 4.78 is 0. The van der Waals surface area contributed by atoms with Gasteiger partial charge in [-0.3, -0.25) is 4.79 Å². The van der Waals surface area contributed by atoms with Crippen LogP contribution in [0.5, 0.6) is 0 Å². The molecule has 0 aliphatic rings. The number of amides is 1. The summed E-state index contributed by atoms with van der Waals surface area (Å²) in [4.78, 5) is 13.2. The first-order valence-corrected chi connectivity index (χ1v) is 5.99. The molecule has 0 spiro atoms. The molecule has 0 saturated carbocycles. The maximum atomic E-state index is 11.5. The van der Waals surface area contributed by atoms with E-state index in [9.17, 15) is 4.79 Å². The van der Waals surface area contributed by atoms with Gasteiger partial charge < -0.3 is 10.6 Å². The van der Waals surface area contributed by atoms with Crippen LogP contribution in [0.3, 0.4) is 0 Å². The van der Waals surface area contributed by atoms with E-state index in [0.717, 1.165) is 18.7 Å². The maximum absolute atomic E-state index is 11.5. The molecule has 0 rings (SSSR count). The third kappa shape index (κ3) is 5.93. The minimum Gasteiger partial charge on any atom is -0.345 e. The van der Waals surface area contributed by atoms with Crippen molar-refractivity contribution in [1.29, 1.82) is 0 Å². The zero-order valence-corrected chi connectivity index (χ0v) is 9.56. The van der Waals surface area contributed by atoms with Crippen molar-refractivity contribution in [3.8, 4) is 0 Å². The summed E-state index contributed by atoms with van der Waals surface area (Å²) in [5.41, 5.74) is 5.69. The molecule has 2 N–H and O–H groups in total. The minimum atomic E-state index is 0.0178. The average molecular weight is 204 g/mol. The van der Waals surface area contributed by atoms with Crippen LogP contribution in [0.25, 0.3) is 0 Å². The van der Waals surface area contributed by atoms with Gasteiger partial charge in [0.2, 0.25) is 5.91 Å². The molecule has 0 saturated heterocycles. The van der Waals surface area contributed by atoms with Crippen molar-refractivity contribution in [2.24, 2.45) is 5.73 Å². The van der Waals surface area contributed by atoms with E-state index < -0.39 is 0 Å². The normalized spacial score (nSPS) is 12.6. The van der Waals surface area contributed by atoms with Crippen LogP contribution in [0.1, 0.15) is 19.8 Å². The topological polar surface area (TPSA) is 46.3 Å². The molecule has 0 aromatic carbocycles. The van der Waals surface area contributed by atoms with Crippen molar-refractivity contribution in [3.05, 3.63) is 0 Å². The quantitative estimate of drug-likeness (QED) is 0.700. The van der Waals surface area contributed by atoms with E-state index >= 15 is 0 Å². The lowest BCUT2D eigenvalue weighted by molar-refractivity contribution is -0.130. The number of thioether (sulfide) groups is 1. The Morgan fingerprint density at radius 1 is 1.62 bits per heavy atom. The second kappa shape index (κ2) is 7.21. The molecule has 0 aromatic rings. The van der Waals surface area contributed by atoms with E-state index in [1.165, 1.54) is 0 Å². The van der Waals surface area contributed by atoms with E-state index in [1.54, 1.807) is 16.7 Å². The molecule has 0 bridgehead atoms. The summed E-state index contributed by atoms with van der Waals surface area (Å²) >= 11 is 1.75. The third-order valence-corrected chi connectivity index (χ3v) is 2.61. The Bertz CT molecular complexity index is 153. The Balaban J connectivity index is 3.68. The molecule has 0 heterocycles. The van der Waals surface area contributed by atoms with E-state index in [-0.39, 0.29) is 11.9 Å². The standard InChI is InChI=1S/C9H20N2OS/c1-4-8(10)7-9(12)11(2)5-6-13-3/h8H,4-7,10H2,1-3H3. The molecule has 13 heavy (non-hydrogen) atoms. The predicted octanol–water partition coefficient (Wildman–Crippen LogP) is 0.935. The first-order chi connectivity index (χ1) is 6.11. The van der Waals surface area contributed by atoms with Gasteiger partial charge in [0.1, 0.15) is 0 Å². The van der Waals surface area contributed by atoms with Crippen molar-refractivity contribution in [2.45, 2.75) is 25.8 Å². The van der Waals surface area contributed by atoms with E-state index in [0.29, 0.717) is 6.42 Å². The predicted molar refractivity (Wildman–Crippen MR) is 58.9 cm³/mol. The van der Waals surface area contributed by atoms with Crippen LogP contribution in [-0.4, -0.2) is 42.4 Å². The van der Waals surface area contributed by atoms with Gasteiger partial charge in [-0.05, 0) is 12.7 Å². The fourth-order valence-corrected chi connectivity index (χ4v) is 1.33. The van der Waals surface area contributed by atoms with Crippen molar-refractivity contribution in [2.75, 3.05) is 25.6 Å². The molecular formula is C9H20N2OS. The zero-order chi connectivity index (χ0) is 10.3. The smallest absolute Gasteiger partial charge is 0.223 e. The summed E-state index contributed by atoms with van der Waals surface area (Å²) in [5, 5.41) is 0. The highest BCUT2D eigenvalue weighted by Gasteiger charge is 2.11. The highest BCUT2D eigenvalue weighted by atomic mass is 32.2. The van der Waals surface area contributed by atoms with Gasteiger partial charge in [-0.25, -0.2) is 0 Å². The Labute approximate surface area is 85.0 Å². The number of nitrogens with zero attached hydrogens (tertiary/aromatic N) is 1. The summed E-state index contributed by atoms with van der Waals surface area (Å²) in [7, 11) is 1.83.